The summed E-state index contributed by atoms with van der Waals surface area (Å²) in [6.07, 6.45) is 0. The van der Waals surface area contributed by atoms with Crippen molar-refractivity contribution < 1.29 is 9.59 Å². The Kier molecular flexibility index (Phi) is 4.45. The number of carbonyl (C=O) groups is 2. The molecule has 0 aliphatic rings. The molecule has 21 heavy (non-hydrogen) atoms. The van der Waals surface area contributed by atoms with E-state index in [-0.39, 0.29) is 11.8 Å². The maximum atomic E-state index is 12.0. The molecule has 2 amide bonds. The van der Waals surface area contributed by atoms with Gasteiger partial charge < -0.3 is 16.4 Å². The Bertz CT molecular complexity index is 684. The maximum absolute atomic E-state index is 12.0. The summed E-state index contributed by atoms with van der Waals surface area (Å²) in [7, 11) is 0. The molecule has 0 fully saturated rings. The summed E-state index contributed by atoms with van der Waals surface area (Å²) in [5, 5.41) is 5.66. The van der Waals surface area contributed by atoms with Gasteiger partial charge in [-0.25, -0.2) is 0 Å². The van der Waals surface area contributed by atoms with Gasteiger partial charge in [0.25, 0.3) is 5.91 Å². The smallest absolute Gasteiger partial charge is 0.255 e. The van der Waals surface area contributed by atoms with Gasteiger partial charge in [-0.3, -0.25) is 9.59 Å². The van der Waals surface area contributed by atoms with Crippen LogP contribution >= 0.6 is 11.6 Å². The van der Waals surface area contributed by atoms with Gasteiger partial charge in [0.2, 0.25) is 5.91 Å². The van der Waals surface area contributed by atoms with Crippen molar-refractivity contribution in [2.75, 3.05) is 16.4 Å². The van der Waals surface area contributed by atoms with Crippen LogP contribution in [0.15, 0.2) is 42.5 Å². The molecule has 0 bridgehead atoms. The fourth-order valence-corrected chi connectivity index (χ4v) is 1.95. The van der Waals surface area contributed by atoms with Crippen molar-refractivity contribution in [3.05, 3.63) is 53.1 Å². The predicted molar refractivity (Wildman–Crippen MR) is 84.6 cm³/mol. The summed E-state index contributed by atoms with van der Waals surface area (Å²) in [4.78, 5) is 23.0. The van der Waals surface area contributed by atoms with Crippen molar-refractivity contribution in [1.82, 2.24) is 0 Å². The van der Waals surface area contributed by atoms with Crippen LogP contribution in [-0.2, 0) is 4.79 Å². The van der Waals surface area contributed by atoms with Crippen LogP contribution in [-0.4, -0.2) is 11.8 Å². The minimum absolute atomic E-state index is 0.212. The zero-order chi connectivity index (χ0) is 15.4. The molecule has 0 spiro atoms. The second-order valence-corrected chi connectivity index (χ2v) is 4.86. The third-order valence-corrected chi connectivity index (χ3v) is 3.02. The van der Waals surface area contributed by atoms with Crippen molar-refractivity contribution in [1.29, 1.82) is 0 Å². The topological polar surface area (TPSA) is 84.2 Å². The number of hydrogen-bond donors (Lipinski definition) is 3. The highest BCUT2D eigenvalue weighted by molar-refractivity contribution is 6.34. The summed E-state index contributed by atoms with van der Waals surface area (Å²) in [5.41, 5.74) is 7.69. The van der Waals surface area contributed by atoms with Gasteiger partial charge in [0.15, 0.2) is 0 Å². The Balaban J connectivity index is 2.12. The van der Waals surface area contributed by atoms with Crippen molar-refractivity contribution in [2.45, 2.75) is 6.92 Å². The van der Waals surface area contributed by atoms with Crippen molar-refractivity contribution in [2.24, 2.45) is 0 Å². The van der Waals surface area contributed by atoms with E-state index in [1.807, 2.05) is 0 Å². The normalized spacial score (nSPS) is 10.0. The molecule has 0 radical (unpaired) electrons. The van der Waals surface area contributed by atoms with Gasteiger partial charge >= 0.3 is 0 Å². The monoisotopic (exact) mass is 303 g/mol. The van der Waals surface area contributed by atoms with Crippen LogP contribution in [0.1, 0.15) is 17.3 Å². The highest BCUT2D eigenvalue weighted by Crippen LogP contribution is 2.25. The largest absolute Gasteiger partial charge is 0.399 e. The third-order valence-electron chi connectivity index (χ3n) is 2.71. The molecule has 6 heteroatoms. The molecular formula is C15H14ClN3O2. The lowest BCUT2D eigenvalue weighted by Gasteiger charge is -2.09. The van der Waals surface area contributed by atoms with Crippen molar-refractivity contribution in [3.63, 3.8) is 0 Å². The molecule has 5 nitrogen and oxygen atoms in total. The molecule has 0 aliphatic heterocycles. The van der Waals surface area contributed by atoms with E-state index in [4.69, 9.17) is 17.3 Å². The Hall–Kier alpha value is -2.53. The molecule has 0 saturated heterocycles. The molecule has 108 valence electrons. The SMILES string of the molecule is CC(=O)Nc1ccc(NC(=O)c2ccc(N)cc2)cc1Cl. The van der Waals surface area contributed by atoms with Gasteiger partial charge in [0.1, 0.15) is 0 Å². The maximum Gasteiger partial charge on any atom is 0.255 e. The molecule has 2 aromatic rings. The first-order valence-corrected chi connectivity index (χ1v) is 6.57. The van der Waals surface area contributed by atoms with Crippen LogP contribution in [0.4, 0.5) is 17.1 Å². The fourth-order valence-electron chi connectivity index (χ4n) is 1.72. The average molecular weight is 304 g/mol. The molecule has 0 unspecified atom stereocenters. The Morgan fingerprint density at radius 3 is 2.29 bits per heavy atom. The van der Waals surface area contributed by atoms with Crippen molar-refractivity contribution in [3.8, 4) is 0 Å². The zero-order valence-electron chi connectivity index (χ0n) is 11.3. The molecule has 0 saturated carbocycles. The molecule has 2 aromatic carbocycles. The van der Waals surface area contributed by atoms with Crippen LogP contribution in [0.25, 0.3) is 0 Å². The number of anilines is 3. The number of nitrogens with two attached hydrogens (primary N) is 1. The Morgan fingerprint density at radius 1 is 1.05 bits per heavy atom. The van der Waals surface area contributed by atoms with Crippen LogP contribution in [0.2, 0.25) is 5.02 Å². The van der Waals surface area contributed by atoms with Gasteiger partial charge in [-0.05, 0) is 42.5 Å². The van der Waals surface area contributed by atoms with Gasteiger partial charge in [-0.2, -0.15) is 0 Å². The number of rotatable bonds is 3. The summed E-state index contributed by atoms with van der Waals surface area (Å²) < 4.78 is 0. The number of nitrogens with one attached hydrogen (secondary N) is 2. The summed E-state index contributed by atoms with van der Waals surface area (Å²) in [6.45, 7) is 1.40. The van der Waals surface area contributed by atoms with Gasteiger partial charge in [0, 0.05) is 23.9 Å². The quantitative estimate of drug-likeness (QED) is 0.762. The van der Waals surface area contributed by atoms with Crippen LogP contribution in [0.5, 0.6) is 0 Å². The van der Waals surface area contributed by atoms with Gasteiger partial charge in [-0.15, -0.1) is 0 Å². The minimum Gasteiger partial charge on any atom is -0.399 e. The number of carbonyl (C=O) groups excluding carboxylic acids is 2. The van der Waals surface area contributed by atoms with Crippen LogP contribution in [0, 0.1) is 0 Å². The second kappa shape index (κ2) is 6.28. The molecule has 0 heterocycles. The van der Waals surface area contributed by atoms with E-state index in [1.165, 1.54) is 6.92 Å². The number of hydrogen-bond acceptors (Lipinski definition) is 3. The molecule has 2 rings (SSSR count). The lowest BCUT2D eigenvalue weighted by molar-refractivity contribution is -0.114. The molecule has 0 atom stereocenters. The first kappa shape index (κ1) is 14.9. The fraction of sp³-hybridized carbons (Fsp3) is 0.0667. The standard InChI is InChI=1S/C15H14ClN3O2/c1-9(20)18-14-7-6-12(8-13(14)16)19-15(21)10-2-4-11(17)5-3-10/h2-8H,17H2,1H3,(H,18,20)(H,19,21). The van der Waals surface area contributed by atoms with Crippen LogP contribution in [0.3, 0.4) is 0 Å². The Morgan fingerprint density at radius 2 is 1.71 bits per heavy atom. The third kappa shape index (κ3) is 3.97. The number of nitrogen functional groups attached to an aromatic ring is 1. The van der Waals surface area contributed by atoms with Crippen molar-refractivity contribution >= 4 is 40.5 Å². The van der Waals surface area contributed by atoms with E-state index in [2.05, 4.69) is 10.6 Å². The highest BCUT2D eigenvalue weighted by atomic mass is 35.5. The van der Waals surface area contributed by atoms with E-state index >= 15 is 0 Å². The second-order valence-electron chi connectivity index (χ2n) is 4.45. The number of benzene rings is 2. The zero-order valence-corrected chi connectivity index (χ0v) is 12.1. The molecule has 4 N–H and O–H groups in total. The molecule has 0 aromatic heterocycles. The first-order valence-electron chi connectivity index (χ1n) is 6.20. The Labute approximate surface area is 127 Å². The summed E-state index contributed by atoms with van der Waals surface area (Å²) >= 11 is 6.04. The minimum atomic E-state index is -0.265. The van der Waals surface area contributed by atoms with E-state index < -0.39 is 0 Å². The molecule has 0 aliphatic carbocycles. The number of halogens is 1. The average Bonchev–Trinajstić information content (AvgIpc) is 2.42. The molecular weight excluding hydrogens is 290 g/mol. The van der Waals surface area contributed by atoms with E-state index in [9.17, 15) is 9.59 Å². The summed E-state index contributed by atoms with van der Waals surface area (Å²) in [5.74, 6) is -0.478. The van der Waals surface area contributed by atoms with Gasteiger partial charge in [0.05, 0.1) is 10.7 Å². The summed E-state index contributed by atoms with van der Waals surface area (Å²) in [6, 6.07) is 11.4. The predicted octanol–water partition coefficient (Wildman–Crippen LogP) is 3.13. The lowest BCUT2D eigenvalue weighted by Crippen LogP contribution is -2.12. The van der Waals surface area contributed by atoms with E-state index in [0.29, 0.717) is 27.6 Å². The van der Waals surface area contributed by atoms with Crippen LogP contribution < -0.4 is 16.4 Å². The van der Waals surface area contributed by atoms with E-state index in [0.717, 1.165) is 0 Å². The first-order chi connectivity index (χ1) is 9.95. The van der Waals surface area contributed by atoms with Gasteiger partial charge in [-0.1, -0.05) is 11.6 Å². The van der Waals surface area contributed by atoms with E-state index in [1.54, 1.807) is 42.5 Å². The highest BCUT2D eigenvalue weighted by Gasteiger charge is 2.08. The number of amides is 2. The lowest BCUT2D eigenvalue weighted by atomic mass is 10.2.